The summed E-state index contributed by atoms with van der Waals surface area (Å²) in [7, 11) is 1.75. The van der Waals surface area contributed by atoms with Crippen molar-refractivity contribution in [1.82, 2.24) is 15.5 Å². The Labute approximate surface area is 102 Å². The SMILES string of the molecule is CNC(C)c1nnc(Nc2cc(F)cc(F)c2)o1. The van der Waals surface area contributed by atoms with Crippen molar-refractivity contribution in [2.45, 2.75) is 13.0 Å². The lowest BCUT2D eigenvalue weighted by Gasteiger charge is -2.03. The summed E-state index contributed by atoms with van der Waals surface area (Å²) in [5.41, 5.74) is 0.208. The number of anilines is 2. The van der Waals surface area contributed by atoms with E-state index in [1.807, 2.05) is 6.92 Å². The Balaban J connectivity index is 2.16. The zero-order valence-corrected chi connectivity index (χ0v) is 9.87. The van der Waals surface area contributed by atoms with Crippen molar-refractivity contribution < 1.29 is 13.2 Å². The summed E-state index contributed by atoms with van der Waals surface area (Å²) in [6.45, 7) is 1.85. The zero-order chi connectivity index (χ0) is 13.1. The molecule has 0 amide bonds. The fourth-order valence-corrected chi connectivity index (χ4v) is 1.33. The number of benzene rings is 1. The number of rotatable bonds is 4. The number of nitrogens with zero attached hydrogens (tertiary/aromatic N) is 2. The van der Waals surface area contributed by atoms with Gasteiger partial charge in [0.15, 0.2) is 0 Å². The molecule has 7 heteroatoms. The van der Waals surface area contributed by atoms with E-state index in [2.05, 4.69) is 20.8 Å². The highest BCUT2D eigenvalue weighted by molar-refractivity contribution is 5.51. The molecule has 0 aliphatic carbocycles. The van der Waals surface area contributed by atoms with Gasteiger partial charge in [0.25, 0.3) is 0 Å². The zero-order valence-electron chi connectivity index (χ0n) is 9.87. The van der Waals surface area contributed by atoms with Crippen molar-refractivity contribution >= 4 is 11.7 Å². The van der Waals surface area contributed by atoms with Crippen LogP contribution in [0.3, 0.4) is 0 Å². The van der Waals surface area contributed by atoms with E-state index in [9.17, 15) is 8.78 Å². The van der Waals surface area contributed by atoms with Gasteiger partial charge < -0.3 is 15.1 Å². The molecule has 0 aliphatic heterocycles. The van der Waals surface area contributed by atoms with Crippen LogP contribution in [0, 0.1) is 11.6 Å². The van der Waals surface area contributed by atoms with Crippen LogP contribution in [0.5, 0.6) is 0 Å². The third kappa shape index (κ3) is 2.80. The Bertz CT molecular complexity index is 523. The number of nitrogens with one attached hydrogen (secondary N) is 2. The highest BCUT2D eigenvalue weighted by Crippen LogP contribution is 2.19. The standard InChI is InChI=1S/C11H12F2N4O/c1-6(14-2)10-16-17-11(18-10)15-9-4-7(12)3-8(13)5-9/h3-6,14H,1-2H3,(H,15,17). The van der Waals surface area contributed by atoms with E-state index in [1.54, 1.807) is 7.05 Å². The molecule has 2 aromatic rings. The molecule has 1 aromatic heterocycles. The fourth-order valence-electron chi connectivity index (χ4n) is 1.33. The molecule has 0 bridgehead atoms. The topological polar surface area (TPSA) is 63.0 Å². The summed E-state index contributed by atoms with van der Waals surface area (Å²) in [4.78, 5) is 0. The average Bonchev–Trinajstić information content (AvgIpc) is 2.75. The molecule has 1 unspecified atom stereocenters. The Kier molecular flexibility index (Phi) is 3.52. The minimum atomic E-state index is -0.680. The number of hydrogen-bond donors (Lipinski definition) is 2. The van der Waals surface area contributed by atoms with E-state index in [-0.39, 0.29) is 17.7 Å². The minimum absolute atomic E-state index is 0.0806. The summed E-state index contributed by atoms with van der Waals surface area (Å²) >= 11 is 0. The minimum Gasteiger partial charge on any atom is -0.406 e. The maximum atomic E-state index is 13.0. The van der Waals surface area contributed by atoms with Crippen LogP contribution >= 0.6 is 0 Å². The van der Waals surface area contributed by atoms with E-state index in [4.69, 9.17) is 4.42 Å². The second-order valence-corrected chi connectivity index (χ2v) is 3.74. The lowest BCUT2D eigenvalue weighted by Crippen LogP contribution is -2.12. The van der Waals surface area contributed by atoms with Gasteiger partial charge in [-0.2, -0.15) is 0 Å². The van der Waals surface area contributed by atoms with Gasteiger partial charge in [0.1, 0.15) is 11.6 Å². The summed E-state index contributed by atoms with van der Waals surface area (Å²) in [5, 5.41) is 13.1. The lowest BCUT2D eigenvalue weighted by molar-refractivity contribution is 0.443. The van der Waals surface area contributed by atoms with Gasteiger partial charge in [-0.1, -0.05) is 5.10 Å². The Hall–Kier alpha value is -2.02. The van der Waals surface area contributed by atoms with Crippen molar-refractivity contribution in [3.05, 3.63) is 35.7 Å². The predicted molar refractivity (Wildman–Crippen MR) is 61.4 cm³/mol. The molecule has 0 saturated carbocycles. The summed E-state index contributed by atoms with van der Waals surface area (Å²) < 4.78 is 31.2. The van der Waals surface area contributed by atoms with Gasteiger partial charge in [0, 0.05) is 11.8 Å². The maximum Gasteiger partial charge on any atom is 0.320 e. The normalized spacial score (nSPS) is 12.4. The molecule has 2 rings (SSSR count). The molecule has 1 aromatic carbocycles. The van der Waals surface area contributed by atoms with E-state index in [0.29, 0.717) is 5.89 Å². The highest BCUT2D eigenvalue weighted by atomic mass is 19.1. The van der Waals surface area contributed by atoms with Crippen molar-refractivity contribution in [1.29, 1.82) is 0 Å². The van der Waals surface area contributed by atoms with Gasteiger partial charge in [-0.15, -0.1) is 5.10 Å². The Morgan fingerprint density at radius 3 is 2.44 bits per heavy atom. The predicted octanol–water partition coefficient (Wildman–Crippen LogP) is 2.37. The summed E-state index contributed by atoms with van der Waals surface area (Å²) in [6.07, 6.45) is 0. The quantitative estimate of drug-likeness (QED) is 0.877. The highest BCUT2D eigenvalue weighted by Gasteiger charge is 2.12. The molecule has 1 atom stereocenters. The molecular weight excluding hydrogens is 242 g/mol. The second kappa shape index (κ2) is 5.09. The molecule has 0 aliphatic rings. The van der Waals surface area contributed by atoms with E-state index in [0.717, 1.165) is 18.2 Å². The molecule has 0 fully saturated rings. The number of halogens is 2. The van der Waals surface area contributed by atoms with Crippen LogP contribution < -0.4 is 10.6 Å². The summed E-state index contributed by atoms with van der Waals surface area (Å²) in [6, 6.07) is 3.03. The van der Waals surface area contributed by atoms with Gasteiger partial charge in [-0.3, -0.25) is 0 Å². The van der Waals surface area contributed by atoms with Crippen molar-refractivity contribution in [3.8, 4) is 0 Å². The molecule has 5 nitrogen and oxygen atoms in total. The molecule has 18 heavy (non-hydrogen) atoms. The molecule has 2 N–H and O–H groups in total. The van der Waals surface area contributed by atoms with Crippen LogP contribution in [0.25, 0.3) is 0 Å². The van der Waals surface area contributed by atoms with Gasteiger partial charge in [0.05, 0.1) is 6.04 Å². The van der Waals surface area contributed by atoms with Crippen molar-refractivity contribution in [3.63, 3.8) is 0 Å². The van der Waals surface area contributed by atoms with E-state index in [1.165, 1.54) is 0 Å². The van der Waals surface area contributed by atoms with Gasteiger partial charge in [-0.25, -0.2) is 8.78 Å². The van der Waals surface area contributed by atoms with Crippen molar-refractivity contribution in [2.24, 2.45) is 0 Å². The smallest absolute Gasteiger partial charge is 0.320 e. The van der Waals surface area contributed by atoms with Crippen LogP contribution in [-0.2, 0) is 0 Å². The maximum absolute atomic E-state index is 13.0. The first kappa shape index (κ1) is 12.4. The number of hydrogen-bond acceptors (Lipinski definition) is 5. The molecule has 0 saturated heterocycles. The van der Waals surface area contributed by atoms with Crippen LogP contribution in [0.1, 0.15) is 18.9 Å². The van der Waals surface area contributed by atoms with Gasteiger partial charge in [0.2, 0.25) is 5.89 Å². The van der Waals surface area contributed by atoms with Crippen LogP contribution in [0.15, 0.2) is 22.6 Å². The second-order valence-electron chi connectivity index (χ2n) is 3.74. The average molecular weight is 254 g/mol. The largest absolute Gasteiger partial charge is 0.406 e. The first-order valence-electron chi connectivity index (χ1n) is 5.32. The molecule has 1 heterocycles. The van der Waals surface area contributed by atoms with Crippen molar-refractivity contribution in [2.75, 3.05) is 12.4 Å². The molecule has 96 valence electrons. The Morgan fingerprint density at radius 2 is 1.83 bits per heavy atom. The van der Waals surface area contributed by atoms with Gasteiger partial charge >= 0.3 is 6.01 Å². The molecular formula is C11H12F2N4O. The van der Waals surface area contributed by atoms with Gasteiger partial charge in [-0.05, 0) is 26.1 Å². The Morgan fingerprint density at radius 1 is 1.17 bits per heavy atom. The first-order valence-corrected chi connectivity index (χ1v) is 5.32. The molecule has 0 radical (unpaired) electrons. The van der Waals surface area contributed by atoms with E-state index >= 15 is 0 Å². The first-order chi connectivity index (χ1) is 8.58. The van der Waals surface area contributed by atoms with E-state index < -0.39 is 11.6 Å². The monoisotopic (exact) mass is 254 g/mol. The third-order valence-electron chi connectivity index (χ3n) is 2.36. The fraction of sp³-hybridized carbons (Fsp3) is 0.273. The molecule has 0 spiro atoms. The van der Waals surface area contributed by atoms with Crippen LogP contribution in [0.2, 0.25) is 0 Å². The van der Waals surface area contributed by atoms with Crippen LogP contribution in [0.4, 0.5) is 20.5 Å². The lowest BCUT2D eigenvalue weighted by atomic mass is 10.3. The van der Waals surface area contributed by atoms with Crippen LogP contribution in [-0.4, -0.2) is 17.2 Å². The third-order valence-corrected chi connectivity index (χ3v) is 2.36. The summed E-state index contributed by atoms with van der Waals surface area (Å²) in [5.74, 6) is -0.974. The number of aromatic nitrogens is 2.